The van der Waals surface area contributed by atoms with Crippen LogP contribution in [0, 0.1) is 0 Å². The maximum atomic E-state index is 12.3. The number of likely N-dealkylation sites (N-methyl/N-ethyl adjacent to an activating group) is 1. The number of carbonyl (C=O) groups is 2. The maximum Gasteiger partial charge on any atom is 0.314 e. The highest BCUT2D eigenvalue weighted by atomic mass is 35.5. The molecule has 1 heterocycles. The van der Waals surface area contributed by atoms with Crippen molar-refractivity contribution < 1.29 is 27.5 Å². The molecule has 0 saturated carbocycles. The van der Waals surface area contributed by atoms with Gasteiger partial charge in [0.2, 0.25) is 0 Å². The minimum absolute atomic E-state index is 0.0130. The predicted molar refractivity (Wildman–Crippen MR) is 93.0 cm³/mol. The average molecular weight is 391 g/mol. The van der Waals surface area contributed by atoms with E-state index in [1.54, 1.807) is 0 Å². The summed E-state index contributed by atoms with van der Waals surface area (Å²) in [5.74, 6) is -1.30. The summed E-state index contributed by atoms with van der Waals surface area (Å²) < 4.78 is 33.3. The van der Waals surface area contributed by atoms with Gasteiger partial charge in [0.05, 0.1) is 36.4 Å². The lowest BCUT2D eigenvalue weighted by molar-refractivity contribution is -0.143. The van der Waals surface area contributed by atoms with Crippen LogP contribution in [0.25, 0.3) is 0 Å². The zero-order chi connectivity index (χ0) is 18.8. The van der Waals surface area contributed by atoms with E-state index in [4.69, 9.17) is 21.1 Å². The molecule has 1 N–H and O–H groups in total. The molecule has 1 fully saturated rings. The number of halogens is 1. The lowest BCUT2D eigenvalue weighted by Gasteiger charge is -2.23. The molecule has 0 aliphatic carbocycles. The van der Waals surface area contributed by atoms with Crippen LogP contribution in [0.4, 0.5) is 5.69 Å². The number of anilines is 1. The lowest BCUT2D eigenvalue weighted by atomic mass is 10.2. The van der Waals surface area contributed by atoms with Crippen LogP contribution >= 0.6 is 11.6 Å². The van der Waals surface area contributed by atoms with Gasteiger partial charge in [0, 0.05) is 25.2 Å². The molecule has 10 heteroatoms. The Bertz CT molecular complexity index is 795. The van der Waals surface area contributed by atoms with E-state index in [2.05, 4.69) is 5.32 Å². The Hall–Kier alpha value is -2.00. The quantitative estimate of drug-likeness (QED) is 0.768. The fourth-order valence-electron chi connectivity index (χ4n) is 2.54. The highest BCUT2D eigenvalue weighted by molar-refractivity contribution is 7.91. The summed E-state index contributed by atoms with van der Waals surface area (Å²) in [5.41, 5.74) is 0.217. The van der Waals surface area contributed by atoms with Crippen molar-refractivity contribution >= 4 is 38.9 Å². The molecule has 1 unspecified atom stereocenters. The molecule has 2 amide bonds. The van der Waals surface area contributed by atoms with Gasteiger partial charge in [0.15, 0.2) is 9.84 Å². The van der Waals surface area contributed by atoms with Gasteiger partial charge >= 0.3 is 11.8 Å². The standard InChI is InChI=1S/C15H19ClN2O6S/c1-18(9-4-5-25(21,22)8-9)15(20)14(19)17-11-7-12(23-2)10(16)6-13(11)24-3/h6-7,9H,4-5,8H2,1-3H3,(H,17,19). The molecule has 1 aliphatic heterocycles. The van der Waals surface area contributed by atoms with Gasteiger partial charge in [-0.25, -0.2) is 8.42 Å². The number of hydrogen-bond acceptors (Lipinski definition) is 6. The SMILES string of the molecule is COc1cc(NC(=O)C(=O)N(C)C2CCS(=O)(=O)C2)c(OC)cc1Cl. The predicted octanol–water partition coefficient (Wildman–Crippen LogP) is 0.941. The summed E-state index contributed by atoms with van der Waals surface area (Å²) in [5, 5.41) is 2.73. The summed E-state index contributed by atoms with van der Waals surface area (Å²) in [6.45, 7) is 0. The fourth-order valence-corrected chi connectivity index (χ4v) is 4.55. The van der Waals surface area contributed by atoms with Gasteiger partial charge in [-0.3, -0.25) is 9.59 Å². The van der Waals surface area contributed by atoms with Crippen LogP contribution < -0.4 is 14.8 Å². The Morgan fingerprint density at radius 2 is 1.88 bits per heavy atom. The Labute approximate surface area is 150 Å². The number of methoxy groups -OCH3 is 2. The van der Waals surface area contributed by atoms with E-state index in [0.717, 1.165) is 4.90 Å². The van der Waals surface area contributed by atoms with Gasteiger partial charge in [-0.15, -0.1) is 0 Å². The smallest absolute Gasteiger partial charge is 0.314 e. The Morgan fingerprint density at radius 1 is 1.24 bits per heavy atom. The van der Waals surface area contributed by atoms with E-state index in [1.165, 1.54) is 33.4 Å². The first-order chi connectivity index (χ1) is 11.7. The highest BCUT2D eigenvalue weighted by Crippen LogP contribution is 2.35. The van der Waals surface area contributed by atoms with Crippen molar-refractivity contribution in [1.82, 2.24) is 4.90 Å². The van der Waals surface area contributed by atoms with E-state index in [-0.39, 0.29) is 28.0 Å². The van der Waals surface area contributed by atoms with E-state index in [9.17, 15) is 18.0 Å². The number of nitrogens with zero attached hydrogens (tertiary/aromatic N) is 1. The van der Waals surface area contributed by atoms with Crippen LogP contribution in [-0.2, 0) is 19.4 Å². The number of ether oxygens (including phenoxy) is 2. The summed E-state index contributed by atoms with van der Waals surface area (Å²) in [4.78, 5) is 25.7. The molecule has 1 aliphatic rings. The van der Waals surface area contributed by atoms with Crippen molar-refractivity contribution in [2.75, 3.05) is 38.1 Å². The summed E-state index contributed by atoms with van der Waals surface area (Å²) in [6.07, 6.45) is 0.315. The molecular weight excluding hydrogens is 372 g/mol. The van der Waals surface area contributed by atoms with E-state index < -0.39 is 27.7 Å². The summed E-state index contributed by atoms with van der Waals surface area (Å²) >= 11 is 5.99. The molecule has 1 aromatic carbocycles. The van der Waals surface area contributed by atoms with E-state index >= 15 is 0 Å². The first-order valence-electron chi connectivity index (χ1n) is 7.38. The van der Waals surface area contributed by atoms with Crippen molar-refractivity contribution in [1.29, 1.82) is 0 Å². The lowest BCUT2D eigenvalue weighted by Crippen LogP contribution is -2.43. The van der Waals surface area contributed by atoms with Crippen LogP contribution in [0.2, 0.25) is 5.02 Å². The van der Waals surface area contributed by atoms with Crippen LogP contribution in [0.3, 0.4) is 0 Å². The normalized spacial score (nSPS) is 18.5. The number of carbonyl (C=O) groups excluding carboxylic acids is 2. The monoisotopic (exact) mass is 390 g/mol. The topological polar surface area (TPSA) is 102 Å². The largest absolute Gasteiger partial charge is 0.495 e. The minimum Gasteiger partial charge on any atom is -0.495 e. The molecule has 138 valence electrons. The second-order valence-corrected chi connectivity index (χ2v) is 8.25. The zero-order valence-electron chi connectivity index (χ0n) is 14.0. The molecular formula is C15H19ClN2O6S. The first-order valence-corrected chi connectivity index (χ1v) is 9.58. The van der Waals surface area contributed by atoms with Gasteiger partial charge in [-0.1, -0.05) is 11.6 Å². The van der Waals surface area contributed by atoms with Gasteiger partial charge < -0.3 is 19.7 Å². The Balaban J connectivity index is 2.15. The zero-order valence-corrected chi connectivity index (χ0v) is 15.6. The molecule has 8 nitrogen and oxygen atoms in total. The molecule has 0 aromatic heterocycles. The van der Waals surface area contributed by atoms with Crippen molar-refractivity contribution in [3.8, 4) is 11.5 Å². The summed E-state index contributed by atoms with van der Waals surface area (Å²) in [6, 6.07) is 2.38. The van der Waals surface area contributed by atoms with Crippen LogP contribution in [0.15, 0.2) is 12.1 Å². The second kappa shape index (κ2) is 7.49. The molecule has 0 bridgehead atoms. The van der Waals surface area contributed by atoms with Gasteiger partial charge in [0.1, 0.15) is 11.5 Å². The van der Waals surface area contributed by atoms with Crippen molar-refractivity contribution in [3.63, 3.8) is 0 Å². The molecule has 0 radical (unpaired) electrons. The maximum absolute atomic E-state index is 12.3. The molecule has 1 saturated heterocycles. The molecule has 1 aromatic rings. The summed E-state index contributed by atoms with van der Waals surface area (Å²) in [7, 11) is 1.06. The third-order valence-electron chi connectivity index (χ3n) is 3.99. The van der Waals surface area contributed by atoms with Crippen molar-refractivity contribution in [2.24, 2.45) is 0 Å². The third kappa shape index (κ3) is 4.35. The van der Waals surface area contributed by atoms with Crippen LogP contribution in [0.1, 0.15) is 6.42 Å². The number of sulfone groups is 1. The average Bonchev–Trinajstić information content (AvgIpc) is 2.94. The van der Waals surface area contributed by atoms with Crippen molar-refractivity contribution in [2.45, 2.75) is 12.5 Å². The van der Waals surface area contributed by atoms with Gasteiger partial charge in [-0.05, 0) is 6.42 Å². The highest BCUT2D eigenvalue weighted by Gasteiger charge is 2.34. The number of benzene rings is 1. The number of hydrogen-bond donors (Lipinski definition) is 1. The van der Waals surface area contributed by atoms with E-state index in [0.29, 0.717) is 12.2 Å². The van der Waals surface area contributed by atoms with Crippen molar-refractivity contribution in [3.05, 3.63) is 17.2 Å². The molecule has 25 heavy (non-hydrogen) atoms. The number of amides is 2. The fraction of sp³-hybridized carbons (Fsp3) is 0.467. The first kappa shape index (κ1) is 19.3. The van der Waals surface area contributed by atoms with Gasteiger partial charge in [0.25, 0.3) is 0 Å². The third-order valence-corrected chi connectivity index (χ3v) is 6.04. The Kier molecular flexibility index (Phi) is 5.79. The van der Waals surface area contributed by atoms with E-state index in [1.807, 2.05) is 0 Å². The van der Waals surface area contributed by atoms with Crippen LogP contribution in [0.5, 0.6) is 11.5 Å². The van der Waals surface area contributed by atoms with Gasteiger partial charge in [-0.2, -0.15) is 0 Å². The second-order valence-electron chi connectivity index (χ2n) is 5.61. The number of nitrogens with one attached hydrogen (secondary N) is 1. The molecule has 1 atom stereocenters. The minimum atomic E-state index is -3.16. The molecule has 2 rings (SSSR count). The number of rotatable bonds is 4. The Morgan fingerprint density at radius 3 is 2.40 bits per heavy atom. The van der Waals surface area contributed by atoms with Crippen LogP contribution in [-0.4, -0.2) is 63.9 Å². The molecule has 0 spiro atoms.